The summed E-state index contributed by atoms with van der Waals surface area (Å²) in [4.78, 5) is 5.23. The van der Waals surface area contributed by atoms with Gasteiger partial charge in [-0.1, -0.05) is 186 Å². The maximum atomic E-state index is 5.23. The molecule has 0 spiro atoms. The molecule has 12 aromatic rings. The molecule has 0 atom stereocenters. The summed E-state index contributed by atoms with van der Waals surface area (Å²) in [5, 5.41) is 4.96. The van der Waals surface area contributed by atoms with Crippen molar-refractivity contribution in [2.24, 2.45) is 0 Å². The van der Waals surface area contributed by atoms with Crippen molar-refractivity contribution in [2.75, 3.05) is 0 Å². The van der Waals surface area contributed by atoms with E-state index in [0.717, 1.165) is 28.2 Å². The molecular weight excluding hydrogens is 761 g/mol. The Bertz CT molecular complexity index is 3730. The summed E-state index contributed by atoms with van der Waals surface area (Å²) in [5.74, 6) is 0. The highest BCUT2D eigenvalue weighted by atomic mass is 15.0. The van der Waals surface area contributed by atoms with Crippen LogP contribution in [0.2, 0.25) is 0 Å². The van der Waals surface area contributed by atoms with E-state index < -0.39 is 0 Å². The van der Waals surface area contributed by atoms with Gasteiger partial charge in [-0.05, 0) is 98.8 Å². The second kappa shape index (κ2) is 14.2. The molecule has 1 aliphatic heterocycles. The normalized spacial score (nSPS) is 12.1. The van der Waals surface area contributed by atoms with Crippen LogP contribution in [-0.4, -0.2) is 20.7 Å². The molecule has 13 rings (SSSR count). The zero-order valence-electron chi connectivity index (χ0n) is 34.4. The van der Waals surface area contributed by atoms with Gasteiger partial charge >= 0.3 is 0 Å². The van der Waals surface area contributed by atoms with E-state index in [1.807, 2.05) is 0 Å². The third-order valence-corrected chi connectivity index (χ3v) is 13.2. The number of pyridine rings is 1. The lowest BCUT2D eigenvalue weighted by molar-refractivity contribution is 1.18. The summed E-state index contributed by atoms with van der Waals surface area (Å²) in [7, 11) is 0. The van der Waals surface area contributed by atoms with E-state index >= 15 is 0 Å². The fraction of sp³-hybridized carbons (Fsp3) is 0. The third kappa shape index (κ3) is 5.65. The lowest BCUT2D eigenvalue weighted by atomic mass is 9.39. The van der Waals surface area contributed by atoms with Gasteiger partial charge in [-0.25, -0.2) is 4.98 Å². The Hall–Kier alpha value is -8.21. The number of aromatic nitrogens is 3. The predicted octanol–water partition coefficient (Wildman–Crippen LogP) is 12.7. The molecule has 0 amide bonds. The molecule has 0 unspecified atom stereocenters. The molecule has 0 fully saturated rings. The Labute approximate surface area is 365 Å². The smallest absolute Gasteiger partial charge is 0.242 e. The van der Waals surface area contributed by atoms with Crippen molar-refractivity contribution in [1.29, 1.82) is 0 Å². The summed E-state index contributed by atoms with van der Waals surface area (Å²) in [6.45, 7) is 0.137. The van der Waals surface area contributed by atoms with Crippen molar-refractivity contribution in [2.45, 2.75) is 0 Å². The van der Waals surface area contributed by atoms with Gasteiger partial charge in [0.2, 0.25) is 6.71 Å². The minimum atomic E-state index is 0.137. The fourth-order valence-corrected chi connectivity index (χ4v) is 10.4. The summed E-state index contributed by atoms with van der Waals surface area (Å²) in [5.41, 5.74) is 20.3. The fourth-order valence-electron chi connectivity index (χ4n) is 10.4. The maximum Gasteiger partial charge on any atom is 0.242 e. The van der Waals surface area contributed by atoms with Crippen LogP contribution in [0.5, 0.6) is 0 Å². The molecule has 0 bridgehead atoms. The van der Waals surface area contributed by atoms with Gasteiger partial charge in [0.05, 0.1) is 22.4 Å². The van der Waals surface area contributed by atoms with Crippen LogP contribution < -0.4 is 16.4 Å². The number of fused-ring (bicyclic) bond motifs is 8. The zero-order chi connectivity index (χ0) is 41.4. The molecular formula is C59H38BN3. The first-order valence-electron chi connectivity index (χ1n) is 21.7. The molecule has 0 saturated carbocycles. The van der Waals surface area contributed by atoms with E-state index in [1.54, 1.807) is 0 Å². The first kappa shape index (κ1) is 35.5. The highest BCUT2D eigenvalue weighted by molar-refractivity contribution is 6.99. The Morgan fingerprint density at radius 1 is 0.397 bits per heavy atom. The van der Waals surface area contributed by atoms with Gasteiger partial charge in [-0.3, -0.25) is 4.40 Å². The monoisotopic (exact) mass is 799 g/mol. The van der Waals surface area contributed by atoms with Crippen molar-refractivity contribution < 1.29 is 0 Å². The average Bonchev–Trinajstić information content (AvgIpc) is 4.02. The van der Waals surface area contributed by atoms with Crippen LogP contribution in [0.4, 0.5) is 0 Å². The molecule has 3 aromatic heterocycles. The van der Waals surface area contributed by atoms with E-state index in [-0.39, 0.29) is 6.71 Å². The van der Waals surface area contributed by atoms with Crippen LogP contribution in [0.15, 0.2) is 231 Å². The minimum absolute atomic E-state index is 0.137. The number of imidazole rings is 1. The molecule has 0 radical (unpaired) electrons. The molecule has 0 N–H and O–H groups in total. The summed E-state index contributed by atoms with van der Waals surface area (Å²) < 4.78 is 4.60. The third-order valence-electron chi connectivity index (χ3n) is 13.2. The van der Waals surface area contributed by atoms with Gasteiger partial charge < -0.3 is 4.57 Å². The van der Waals surface area contributed by atoms with E-state index in [2.05, 4.69) is 240 Å². The lowest BCUT2D eigenvalue weighted by Gasteiger charge is -2.13. The summed E-state index contributed by atoms with van der Waals surface area (Å²) in [6.07, 6.45) is 2.12. The van der Waals surface area contributed by atoms with Gasteiger partial charge in [-0.15, -0.1) is 0 Å². The molecule has 63 heavy (non-hydrogen) atoms. The van der Waals surface area contributed by atoms with Gasteiger partial charge in [0.15, 0.2) is 0 Å². The van der Waals surface area contributed by atoms with Gasteiger partial charge in [0, 0.05) is 33.8 Å². The SMILES string of the molecule is c1ccc(B2c3ccc(-c4ccc5c(c4)c4ccccc4n5-c4ccccc4)cc3-c3c2cccc3-c2ccc(-c3nc4ccccn4c3-c3ccc4ccccc4c3)cc2)cc1. The molecule has 0 saturated heterocycles. The van der Waals surface area contributed by atoms with Crippen LogP contribution in [0.3, 0.4) is 0 Å². The summed E-state index contributed by atoms with van der Waals surface area (Å²) >= 11 is 0. The van der Waals surface area contributed by atoms with Crippen molar-refractivity contribution in [3.63, 3.8) is 0 Å². The number of rotatable bonds is 6. The summed E-state index contributed by atoms with van der Waals surface area (Å²) in [6, 6.07) is 82.0. The second-order valence-corrected chi connectivity index (χ2v) is 16.7. The largest absolute Gasteiger partial charge is 0.309 e. The van der Waals surface area contributed by atoms with Crippen molar-refractivity contribution >= 4 is 61.3 Å². The van der Waals surface area contributed by atoms with E-state index in [4.69, 9.17) is 4.98 Å². The Morgan fingerprint density at radius 2 is 1.08 bits per heavy atom. The van der Waals surface area contributed by atoms with Gasteiger partial charge in [0.25, 0.3) is 0 Å². The number of nitrogens with zero attached hydrogens (tertiary/aromatic N) is 3. The van der Waals surface area contributed by atoms with Crippen LogP contribution in [0, 0.1) is 0 Å². The van der Waals surface area contributed by atoms with E-state index in [1.165, 1.54) is 88.0 Å². The topological polar surface area (TPSA) is 22.2 Å². The Morgan fingerprint density at radius 3 is 1.95 bits per heavy atom. The van der Waals surface area contributed by atoms with Crippen molar-refractivity contribution in [3.8, 4) is 61.6 Å². The first-order chi connectivity index (χ1) is 31.2. The number of para-hydroxylation sites is 2. The molecule has 4 heterocycles. The van der Waals surface area contributed by atoms with Crippen LogP contribution in [0.25, 0.3) is 99.8 Å². The molecule has 0 aliphatic carbocycles. The second-order valence-electron chi connectivity index (χ2n) is 16.7. The number of hydrogen-bond acceptors (Lipinski definition) is 1. The van der Waals surface area contributed by atoms with Gasteiger partial charge in [0.1, 0.15) is 5.65 Å². The quantitative estimate of drug-likeness (QED) is 0.154. The maximum absolute atomic E-state index is 5.23. The van der Waals surface area contributed by atoms with Crippen LogP contribution >= 0.6 is 0 Å². The lowest BCUT2D eigenvalue weighted by Crippen LogP contribution is -2.48. The molecule has 292 valence electrons. The van der Waals surface area contributed by atoms with E-state index in [0.29, 0.717) is 0 Å². The highest BCUT2D eigenvalue weighted by Gasteiger charge is 2.35. The predicted molar refractivity (Wildman–Crippen MR) is 265 cm³/mol. The van der Waals surface area contributed by atoms with E-state index in [9.17, 15) is 0 Å². The van der Waals surface area contributed by atoms with Crippen LogP contribution in [-0.2, 0) is 0 Å². The van der Waals surface area contributed by atoms with Crippen LogP contribution in [0.1, 0.15) is 0 Å². The standard InChI is InChI=1S/C59H38BN3/c1-3-16-46(17-4-1)60-52-33-31-43(44-32-34-55-50(37-44)49-20-9-10-23-54(49)63(55)47-18-5-2-6-19-47)38-51(52)57-48(21-13-22-53(57)60)40-26-28-41(29-27-40)58-59(62-35-12-11-24-56(62)61-58)45-30-25-39-14-7-8-15-42(39)36-45/h1-38H. The molecule has 3 nitrogen and oxygen atoms in total. The van der Waals surface area contributed by atoms with Crippen molar-refractivity contribution in [3.05, 3.63) is 231 Å². The number of hydrogen-bond donors (Lipinski definition) is 0. The Balaban J connectivity index is 0.945. The van der Waals surface area contributed by atoms with Crippen molar-refractivity contribution in [1.82, 2.24) is 14.0 Å². The molecule has 1 aliphatic rings. The Kier molecular flexibility index (Phi) is 8.01. The zero-order valence-corrected chi connectivity index (χ0v) is 34.4. The highest BCUT2D eigenvalue weighted by Crippen LogP contribution is 2.40. The van der Waals surface area contributed by atoms with Gasteiger partial charge in [-0.2, -0.15) is 0 Å². The minimum Gasteiger partial charge on any atom is -0.309 e. The first-order valence-corrected chi connectivity index (χ1v) is 21.7. The molecule has 4 heteroatoms. The average molecular weight is 800 g/mol. The molecule has 9 aromatic carbocycles. The number of benzene rings is 9.